The lowest BCUT2D eigenvalue weighted by Gasteiger charge is -2.06. The van der Waals surface area contributed by atoms with Crippen LogP contribution in [-0.4, -0.2) is 21.2 Å². The number of H-pyrrole nitrogens is 1. The smallest absolute Gasteiger partial charge is 0.278 e. The van der Waals surface area contributed by atoms with Gasteiger partial charge in [-0.25, -0.2) is 0 Å². The van der Waals surface area contributed by atoms with Gasteiger partial charge in [0.05, 0.1) is 11.4 Å². The topological polar surface area (TPSA) is 104 Å². The van der Waals surface area contributed by atoms with Crippen molar-refractivity contribution in [3.05, 3.63) is 35.2 Å². The van der Waals surface area contributed by atoms with Gasteiger partial charge in [0, 0.05) is 11.8 Å². The maximum atomic E-state index is 12.0. The summed E-state index contributed by atoms with van der Waals surface area (Å²) >= 11 is 0. The van der Waals surface area contributed by atoms with Crippen molar-refractivity contribution in [2.45, 2.75) is 20.3 Å². The van der Waals surface area contributed by atoms with Crippen LogP contribution in [0.1, 0.15) is 28.7 Å². The number of benzene rings is 1. The largest absolute Gasteiger partial charge is 0.508 e. The van der Waals surface area contributed by atoms with Crippen molar-refractivity contribution in [1.29, 1.82) is 0 Å². The maximum Gasteiger partial charge on any atom is 0.278 e. The molecule has 0 bridgehead atoms. The highest BCUT2D eigenvalue weighted by Crippen LogP contribution is 2.22. The molecule has 0 aliphatic carbocycles. The van der Waals surface area contributed by atoms with Crippen molar-refractivity contribution in [1.82, 2.24) is 10.2 Å². The molecule has 1 amide bonds. The van der Waals surface area contributed by atoms with Gasteiger partial charge in [-0.1, -0.05) is 13.0 Å². The third-order valence-corrected chi connectivity index (χ3v) is 2.92. The maximum absolute atomic E-state index is 12.0. The summed E-state index contributed by atoms with van der Waals surface area (Å²) in [6, 6.07) is 4.91. The lowest BCUT2D eigenvalue weighted by Crippen LogP contribution is -2.14. The number of nitrogen functional groups attached to an aromatic ring is 1. The molecule has 0 fully saturated rings. The molecule has 0 aliphatic rings. The average Bonchev–Trinajstić information content (AvgIpc) is 2.75. The van der Waals surface area contributed by atoms with Crippen LogP contribution in [0, 0.1) is 6.92 Å². The van der Waals surface area contributed by atoms with Crippen LogP contribution in [0.2, 0.25) is 0 Å². The Morgan fingerprint density at radius 3 is 2.84 bits per heavy atom. The lowest BCUT2D eigenvalue weighted by atomic mass is 10.2. The van der Waals surface area contributed by atoms with E-state index in [1.807, 2.05) is 6.92 Å². The molecule has 0 spiro atoms. The van der Waals surface area contributed by atoms with E-state index in [2.05, 4.69) is 15.5 Å². The number of hydrogen-bond donors (Lipinski definition) is 4. The van der Waals surface area contributed by atoms with Gasteiger partial charge in [-0.15, -0.1) is 0 Å². The molecule has 0 atom stereocenters. The number of carbonyl (C=O) groups is 1. The van der Waals surface area contributed by atoms with Crippen LogP contribution in [0.4, 0.5) is 11.4 Å². The van der Waals surface area contributed by atoms with Gasteiger partial charge in [0.15, 0.2) is 5.69 Å². The number of nitrogens with zero attached hydrogens (tertiary/aromatic N) is 1. The normalized spacial score (nSPS) is 10.4. The van der Waals surface area contributed by atoms with Gasteiger partial charge < -0.3 is 16.2 Å². The summed E-state index contributed by atoms with van der Waals surface area (Å²) in [7, 11) is 0. The Labute approximate surface area is 110 Å². The molecule has 1 aromatic carbocycles. The Morgan fingerprint density at radius 2 is 2.26 bits per heavy atom. The van der Waals surface area contributed by atoms with E-state index in [-0.39, 0.29) is 11.4 Å². The average molecular weight is 260 g/mol. The number of hydrogen-bond acceptors (Lipinski definition) is 4. The number of phenols is 1. The molecule has 1 aromatic heterocycles. The first kappa shape index (κ1) is 12.9. The molecule has 6 heteroatoms. The molecule has 6 nitrogen and oxygen atoms in total. The fourth-order valence-electron chi connectivity index (χ4n) is 1.71. The molecule has 2 aromatic rings. The predicted octanol–water partition coefficient (Wildman–Crippen LogP) is 1.82. The summed E-state index contributed by atoms with van der Waals surface area (Å²) < 4.78 is 0. The molecule has 19 heavy (non-hydrogen) atoms. The van der Waals surface area contributed by atoms with E-state index in [1.165, 1.54) is 6.07 Å². The Bertz CT molecular complexity index is 619. The number of aryl methyl sites for hydroxylation is 2. The lowest BCUT2D eigenvalue weighted by molar-refractivity contribution is 0.102. The minimum absolute atomic E-state index is 0.127. The fraction of sp³-hybridized carbons (Fsp3) is 0.231. The van der Waals surface area contributed by atoms with E-state index in [1.54, 1.807) is 19.1 Å². The zero-order valence-electron chi connectivity index (χ0n) is 10.8. The number of aromatic amines is 1. The van der Waals surface area contributed by atoms with Gasteiger partial charge in [0.2, 0.25) is 0 Å². The van der Waals surface area contributed by atoms with Gasteiger partial charge in [-0.2, -0.15) is 5.10 Å². The molecule has 5 N–H and O–H groups in total. The fourth-order valence-corrected chi connectivity index (χ4v) is 1.71. The van der Waals surface area contributed by atoms with Crippen LogP contribution in [0.15, 0.2) is 18.2 Å². The Balaban J connectivity index is 2.20. The number of carbonyl (C=O) groups excluding carboxylic acids is 1. The molecule has 0 unspecified atom stereocenters. The van der Waals surface area contributed by atoms with Crippen molar-refractivity contribution in [2.75, 3.05) is 11.1 Å². The highest BCUT2D eigenvalue weighted by molar-refractivity contribution is 6.06. The number of amides is 1. The van der Waals surface area contributed by atoms with Crippen molar-refractivity contribution >= 4 is 17.3 Å². The summed E-state index contributed by atoms with van der Waals surface area (Å²) in [5, 5.41) is 18.8. The standard InChI is InChI=1S/C13H16N4O2/c1-3-9-11(14)12(17-16-9)13(19)15-8-5-4-7(2)10(18)6-8/h4-6,18H,3,14H2,1-2H3,(H,15,19)(H,16,17). The third-order valence-electron chi connectivity index (χ3n) is 2.92. The molecular weight excluding hydrogens is 244 g/mol. The highest BCUT2D eigenvalue weighted by Gasteiger charge is 2.16. The highest BCUT2D eigenvalue weighted by atomic mass is 16.3. The van der Waals surface area contributed by atoms with Gasteiger partial charge in [0.25, 0.3) is 5.91 Å². The van der Waals surface area contributed by atoms with Crippen molar-refractivity contribution < 1.29 is 9.90 Å². The Kier molecular flexibility index (Phi) is 3.41. The third kappa shape index (κ3) is 2.52. The number of phenolic OH excluding ortho intramolecular Hbond substituents is 1. The van der Waals surface area contributed by atoms with Crippen molar-refractivity contribution in [3.8, 4) is 5.75 Å². The molecule has 0 saturated heterocycles. The van der Waals surface area contributed by atoms with Crippen LogP contribution >= 0.6 is 0 Å². The van der Waals surface area contributed by atoms with Crippen LogP contribution in [0.25, 0.3) is 0 Å². The molecule has 2 rings (SSSR count). The second-order valence-electron chi connectivity index (χ2n) is 4.27. The Morgan fingerprint density at radius 1 is 1.53 bits per heavy atom. The molecule has 0 aliphatic heterocycles. The van der Waals surface area contributed by atoms with E-state index in [9.17, 15) is 9.90 Å². The minimum Gasteiger partial charge on any atom is -0.508 e. The number of rotatable bonds is 3. The quantitative estimate of drug-likeness (QED) is 0.675. The summed E-state index contributed by atoms with van der Waals surface area (Å²) in [6.45, 7) is 3.70. The predicted molar refractivity (Wildman–Crippen MR) is 73.2 cm³/mol. The first-order chi connectivity index (χ1) is 9.02. The van der Waals surface area contributed by atoms with Crippen molar-refractivity contribution in [2.24, 2.45) is 0 Å². The second-order valence-corrected chi connectivity index (χ2v) is 4.27. The van der Waals surface area contributed by atoms with Crippen LogP contribution in [0.3, 0.4) is 0 Å². The van der Waals surface area contributed by atoms with Crippen LogP contribution < -0.4 is 11.1 Å². The zero-order valence-corrected chi connectivity index (χ0v) is 10.8. The number of nitrogens with one attached hydrogen (secondary N) is 2. The van der Waals surface area contributed by atoms with Crippen molar-refractivity contribution in [3.63, 3.8) is 0 Å². The summed E-state index contributed by atoms with van der Waals surface area (Å²) in [4.78, 5) is 12.0. The van der Waals surface area contributed by atoms with Crippen LogP contribution in [-0.2, 0) is 6.42 Å². The first-order valence-electron chi connectivity index (χ1n) is 5.96. The number of aromatic hydroxyl groups is 1. The molecule has 100 valence electrons. The van der Waals surface area contributed by atoms with E-state index >= 15 is 0 Å². The van der Waals surface area contributed by atoms with E-state index in [0.29, 0.717) is 17.8 Å². The molecule has 0 saturated carbocycles. The van der Waals surface area contributed by atoms with Gasteiger partial charge >= 0.3 is 0 Å². The Hall–Kier alpha value is -2.50. The minimum atomic E-state index is -0.406. The van der Waals surface area contributed by atoms with Crippen LogP contribution in [0.5, 0.6) is 5.75 Å². The van der Waals surface area contributed by atoms with Gasteiger partial charge in [-0.05, 0) is 25.0 Å². The van der Waals surface area contributed by atoms with E-state index in [4.69, 9.17) is 5.73 Å². The summed E-state index contributed by atoms with van der Waals surface area (Å²) in [6.07, 6.45) is 0.678. The summed E-state index contributed by atoms with van der Waals surface area (Å²) in [5.74, 6) is -0.279. The van der Waals surface area contributed by atoms with Gasteiger partial charge in [-0.3, -0.25) is 9.89 Å². The molecular formula is C13H16N4O2. The molecule has 0 radical (unpaired) electrons. The second kappa shape index (κ2) is 5.01. The number of anilines is 2. The molecule has 1 heterocycles. The van der Waals surface area contributed by atoms with E-state index in [0.717, 1.165) is 11.3 Å². The first-order valence-corrected chi connectivity index (χ1v) is 5.96. The number of aromatic nitrogens is 2. The number of nitrogens with two attached hydrogens (primary N) is 1. The van der Waals surface area contributed by atoms with Gasteiger partial charge in [0.1, 0.15) is 5.75 Å². The van der Waals surface area contributed by atoms with E-state index < -0.39 is 5.91 Å². The SMILES string of the molecule is CCc1[nH]nc(C(=O)Nc2ccc(C)c(O)c2)c1N. The zero-order chi connectivity index (χ0) is 14.0. The summed E-state index contributed by atoms with van der Waals surface area (Å²) in [5.41, 5.74) is 8.31. The monoisotopic (exact) mass is 260 g/mol.